The highest BCUT2D eigenvalue weighted by atomic mass is 35.5. The Hall–Kier alpha value is -1.51. The molecule has 1 N–H and O–H groups in total. The lowest BCUT2D eigenvalue weighted by atomic mass is 10.0. The normalized spacial score (nSPS) is 11.4. The van der Waals surface area contributed by atoms with Crippen LogP contribution in [0.5, 0.6) is 0 Å². The third-order valence-electron chi connectivity index (χ3n) is 3.36. The van der Waals surface area contributed by atoms with Crippen LogP contribution in [0.1, 0.15) is 25.3 Å². The van der Waals surface area contributed by atoms with E-state index in [1.807, 2.05) is 6.07 Å². The average molecular weight is 305 g/mol. The van der Waals surface area contributed by atoms with Gasteiger partial charge < -0.3 is 4.98 Å². The summed E-state index contributed by atoms with van der Waals surface area (Å²) in [5.74, 6) is 1.33. The first-order valence-corrected chi connectivity index (χ1v) is 7.25. The van der Waals surface area contributed by atoms with E-state index < -0.39 is 0 Å². The zero-order valence-corrected chi connectivity index (χ0v) is 12.8. The molecule has 3 aromatic rings. The van der Waals surface area contributed by atoms with Gasteiger partial charge in [-0.2, -0.15) is 0 Å². The van der Waals surface area contributed by atoms with E-state index in [-0.39, 0.29) is 0 Å². The standard InChI is InChI=1S/C16H14Cl2N2/c1-9(2)10-3-5-11(6-4-10)16-19-14-8-12(17)7-13(18)15(14)20-16/h3-9H,1-2H3,(H,19,20). The Morgan fingerprint density at radius 2 is 1.75 bits per heavy atom. The molecule has 0 saturated carbocycles. The van der Waals surface area contributed by atoms with Crippen molar-refractivity contribution in [2.75, 3.05) is 0 Å². The van der Waals surface area contributed by atoms with Gasteiger partial charge in [-0.25, -0.2) is 4.98 Å². The minimum atomic E-state index is 0.521. The molecule has 0 spiro atoms. The number of nitrogens with zero attached hydrogens (tertiary/aromatic N) is 1. The average Bonchev–Trinajstić information content (AvgIpc) is 2.83. The highest BCUT2D eigenvalue weighted by molar-refractivity contribution is 6.38. The van der Waals surface area contributed by atoms with Crippen LogP contribution in [0.3, 0.4) is 0 Å². The molecule has 1 aromatic heterocycles. The van der Waals surface area contributed by atoms with Crippen LogP contribution in [0, 0.1) is 0 Å². The zero-order valence-electron chi connectivity index (χ0n) is 11.2. The smallest absolute Gasteiger partial charge is 0.138 e. The van der Waals surface area contributed by atoms with Crippen LogP contribution in [-0.4, -0.2) is 9.97 Å². The fraction of sp³-hybridized carbons (Fsp3) is 0.188. The molecular formula is C16H14Cl2N2. The third kappa shape index (κ3) is 2.41. The summed E-state index contributed by atoms with van der Waals surface area (Å²) in [6, 6.07) is 11.9. The number of fused-ring (bicyclic) bond motifs is 1. The number of aromatic nitrogens is 2. The monoisotopic (exact) mass is 304 g/mol. The summed E-state index contributed by atoms with van der Waals surface area (Å²) < 4.78 is 0. The molecular weight excluding hydrogens is 291 g/mol. The first-order chi connectivity index (χ1) is 9.54. The van der Waals surface area contributed by atoms with Gasteiger partial charge in [0, 0.05) is 10.6 Å². The van der Waals surface area contributed by atoms with Crippen molar-refractivity contribution in [3.05, 3.63) is 52.0 Å². The molecule has 0 amide bonds. The largest absolute Gasteiger partial charge is 0.338 e. The van der Waals surface area contributed by atoms with Crippen molar-refractivity contribution >= 4 is 34.2 Å². The van der Waals surface area contributed by atoms with Crippen molar-refractivity contribution in [2.24, 2.45) is 0 Å². The van der Waals surface area contributed by atoms with E-state index >= 15 is 0 Å². The Bertz CT molecular complexity index is 758. The van der Waals surface area contributed by atoms with E-state index in [4.69, 9.17) is 23.2 Å². The molecule has 102 valence electrons. The first kappa shape index (κ1) is 13.5. The molecule has 2 nitrogen and oxygen atoms in total. The van der Waals surface area contributed by atoms with E-state index in [1.54, 1.807) is 6.07 Å². The van der Waals surface area contributed by atoms with Crippen LogP contribution in [-0.2, 0) is 0 Å². The molecule has 4 heteroatoms. The van der Waals surface area contributed by atoms with Gasteiger partial charge in [0.15, 0.2) is 0 Å². The molecule has 0 bridgehead atoms. The van der Waals surface area contributed by atoms with Gasteiger partial charge in [0.1, 0.15) is 11.3 Å². The summed E-state index contributed by atoms with van der Waals surface area (Å²) in [5, 5.41) is 1.17. The quantitative estimate of drug-likeness (QED) is 0.650. The number of nitrogens with one attached hydrogen (secondary N) is 1. The maximum atomic E-state index is 6.16. The molecule has 3 rings (SSSR count). The maximum Gasteiger partial charge on any atom is 0.138 e. The van der Waals surface area contributed by atoms with Gasteiger partial charge in [0.2, 0.25) is 0 Å². The molecule has 0 fully saturated rings. The highest BCUT2D eigenvalue weighted by Crippen LogP contribution is 2.29. The van der Waals surface area contributed by atoms with Crippen molar-refractivity contribution in [1.29, 1.82) is 0 Å². The van der Waals surface area contributed by atoms with Crippen LogP contribution in [0.2, 0.25) is 10.0 Å². The molecule has 0 aliphatic rings. The molecule has 0 radical (unpaired) electrons. The Balaban J connectivity index is 2.08. The Morgan fingerprint density at radius 1 is 1.05 bits per heavy atom. The van der Waals surface area contributed by atoms with Crippen LogP contribution < -0.4 is 0 Å². The van der Waals surface area contributed by atoms with E-state index in [2.05, 4.69) is 48.1 Å². The van der Waals surface area contributed by atoms with Crippen molar-refractivity contribution in [2.45, 2.75) is 19.8 Å². The van der Waals surface area contributed by atoms with Crippen LogP contribution in [0.15, 0.2) is 36.4 Å². The summed E-state index contributed by atoms with van der Waals surface area (Å²) in [6.45, 7) is 4.36. The number of aromatic amines is 1. The fourth-order valence-electron chi connectivity index (χ4n) is 2.20. The van der Waals surface area contributed by atoms with Gasteiger partial charge >= 0.3 is 0 Å². The molecule has 2 aromatic carbocycles. The molecule has 0 saturated heterocycles. The Labute approximate surface area is 127 Å². The minimum Gasteiger partial charge on any atom is -0.338 e. The Kier molecular flexibility index (Phi) is 3.45. The van der Waals surface area contributed by atoms with Crippen molar-refractivity contribution in [1.82, 2.24) is 9.97 Å². The van der Waals surface area contributed by atoms with E-state index in [9.17, 15) is 0 Å². The summed E-state index contributed by atoms with van der Waals surface area (Å²) in [4.78, 5) is 7.81. The number of imidazole rings is 1. The molecule has 0 atom stereocenters. The third-order valence-corrected chi connectivity index (χ3v) is 3.86. The predicted octanol–water partition coefficient (Wildman–Crippen LogP) is 5.66. The summed E-state index contributed by atoms with van der Waals surface area (Å²) in [7, 11) is 0. The lowest BCUT2D eigenvalue weighted by Crippen LogP contribution is -1.87. The van der Waals surface area contributed by atoms with Gasteiger partial charge in [-0.05, 0) is 23.6 Å². The van der Waals surface area contributed by atoms with Gasteiger partial charge in [0.05, 0.1) is 10.5 Å². The number of benzene rings is 2. The second-order valence-corrected chi connectivity index (χ2v) is 5.99. The van der Waals surface area contributed by atoms with Gasteiger partial charge in [0.25, 0.3) is 0 Å². The number of halogens is 2. The van der Waals surface area contributed by atoms with E-state index in [0.717, 1.165) is 22.4 Å². The number of rotatable bonds is 2. The SMILES string of the molecule is CC(C)c1ccc(-c2nc3c(Cl)cc(Cl)cc3[nH]2)cc1. The van der Waals surface area contributed by atoms with Crippen LogP contribution in [0.25, 0.3) is 22.4 Å². The molecule has 0 aliphatic carbocycles. The highest BCUT2D eigenvalue weighted by Gasteiger charge is 2.09. The second kappa shape index (κ2) is 5.12. The summed E-state index contributed by atoms with van der Waals surface area (Å²) in [5.41, 5.74) is 3.95. The summed E-state index contributed by atoms with van der Waals surface area (Å²) >= 11 is 12.2. The molecule has 0 aliphatic heterocycles. The lowest BCUT2D eigenvalue weighted by Gasteiger charge is -2.05. The number of hydrogen-bond acceptors (Lipinski definition) is 1. The second-order valence-electron chi connectivity index (χ2n) is 5.15. The van der Waals surface area contributed by atoms with Gasteiger partial charge in [-0.3, -0.25) is 0 Å². The van der Waals surface area contributed by atoms with Gasteiger partial charge in [-0.15, -0.1) is 0 Å². The first-order valence-electron chi connectivity index (χ1n) is 6.49. The maximum absolute atomic E-state index is 6.16. The number of H-pyrrole nitrogens is 1. The van der Waals surface area contributed by atoms with E-state index in [1.165, 1.54) is 5.56 Å². The fourth-order valence-corrected chi connectivity index (χ4v) is 2.74. The van der Waals surface area contributed by atoms with Crippen molar-refractivity contribution in [3.8, 4) is 11.4 Å². The van der Waals surface area contributed by atoms with Crippen LogP contribution in [0.4, 0.5) is 0 Å². The minimum absolute atomic E-state index is 0.521. The van der Waals surface area contributed by atoms with Crippen molar-refractivity contribution in [3.63, 3.8) is 0 Å². The molecule has 1 heterocycles. The topological polar surface area (TPSA) is 28.7 Å². The van der Waals surface area contributed by atoms with E-state index in [0.29, 0.717) is 16.0 Å². The lowest BCUT2D eigenvalue weighted by molar-refractivity contribution is 0.867. The van der Waals surface area contributed by atoms with Gasteiger partial charge in [-0.1, -0.05) is 61.3 Å². The summed E-state index contributed by atoms with van der Waals surface area (Å²) in [6.07, 6.45) is 0. The molecule has 20 heavy (non-hydrogen) atoms. The van der Waals surface area contributed by atoms with Crippen molar-refractivity contribution < 1.29 is 0 Å². The van der Waals surface area contributed by atoms with Crippen LogP contribution >= 0.6 is 23.2 Å². The molecule has 0 unspecified atom stereocenters. The predicted molar refractivity (Wildman–Crippen MR) is 85.6 cm³/mol. The Morgan fingerprint density at radius 3 is 2.40 bits per heavy atom. The number of hydrogen-bond donors (Lipinski definition) is 1. The zero-order chi connectivity index (χ0) is 14.3.